The monoisotopic (exact) mass is 333 g/mol. The lowest BCUT2D eigenvalue weighted by atomic mass is 9.81. The van der Waals surface area contributed by atoms with Gasteiger partial charge in [0.05, 0.1) is 7.11 Å². The Bertz CT molecular complexity index is 921. The molecule has 128 valence electrons. The van der Waals surface area contributed by atoms with Gasteiger partial charge < -0.3 is 9.30 Å². The Morgan fingerprint density at radius 2 is 1.92 bits per heavy atom. The summed E-state index contributed by atoms with van der Waals surface area (Å²) >= 11 is 0. The van der Waals surface area contributed by atoms with Crippen LogP contribution < -0.4 is 4.74 Å². The molecule has 25 heavy (non-hydrogen) atoms. The molecule has 1 aliphatic carbocycles. The zero-order valence-corrected chi connectivity index (χ0v) is 14.8. The molecule has 0 saturated carbocycles. The van der Waals surface area contributed by atoms with Gasteiger partial charge in [0.25, 0.3) is 0 Å². The van der Waals surface area contributed by atoms with Crippen molar-refractivity contribution in [1.29, 1.82) is 0 Å². The fourth-order valence-corrected chi connectivity index (χ4v) is 4.22. The van der Waals surface area contributed by atoms with Gasteiger partial charge >= 0.3 is 0 Å². The maximum atomic E-state index is 12.8. The number of carbonyl (C=O) groups excluding carboxylic acids is 1. The van der Waals surface area contributed by atoms with Crippen molar-refractivity contribution < 1.29 is 9.53 Å². The lowest BCUT2D eigenvalue weighted by molar-refractivity contribution is 0.0971. The molecule has 0 fully saturated rings. The average Bonchev–Trinajstić information content (AvgIpc) is 2.96. The second-order valence-electron chi connectivity index (χ2n) is 6.88. The summed E-state index contributed by atoms with van der Waals surface area (Å²) in [4.78, 5) is 12.8. The van der Waals surface area contributed by atoms with E-state index in [2.05, 4.69) is 35.9 Å². The molecule has 0 saturated heterocycles. The van der Waals surface area contributed by atoms with Gasteiger partial charge in [-0.1, -0.05) is 18.2 Å². The number of carbonyl (C=O) groups is 1. The Labute approximate surface area is 148 Å². The highest BCUT2D eigenvalue weighted by Gasteiger charge is 2.28. The van der Waals surface area contributed by atoms with E-state index >= 15 is 0 Å². The molecular weight excluding hydrogens is 310 g/mol. The van der Waals surface area contributed by atoms with Crippen molar-refractivity contribution in [2.45, 2.75) is 31.6 Å². The number of hydrogen-bond donors (Lipinski definition) is 0. The van der Waals surface area contributed by atoms with Crippen LogP contribution in [0.5, 0.6) is 5.75 Å². The van der Waals surface area contributed by atoms with Gasteiger partial charge in [-0.15, -0.1) is 0 Å². The maximum absolute atomic E-state index is 12.8. The van der Waals surface area contributed by atoms with Crippen LogP contribution in [0, 0.1) is 0 Å². The van der Waals surface area contributed by atoms with Gasteiger partial charge in [0.15, 0.2) is 5.78 Å². The molecule has 3 heteroatoms. The van der Waals surface area contributed by atoms with E-state index in [4.69, 9.17) is 4.74 Å². The molecule has 0 spiro atoms. The van der Waals surface area contributed by atoms with Crippen LogP contribution in [0.4, 0.5) is 0 Å². The molecule has 4 rings (SSSR count). The second-order valence-corrected chi connectivity index (χ2v) is 6.88. The zero-order valence-electron chi connectivity index (χ0n) is 14.8. The second kappa shape index (κ2) is 6.40. The summed E-state index contributed by atoms with van der Waals surface area (Å²) in [7, 11) is 3.79. The van der Waals surface area contributed by atoms with E-state index < -0.39 is 0 Å². The molecule has 0 bridgehead atoms. The highest BCUT2D eigenvalue weighted by Crippen LogP contribution is 2.40. The van der Waals surface area contributed by atoms with E-state index in [0.29, 0.717) is 12.3 Å². The van der Waals surface area contributed by atoms with Crippen molar-refractivity contribution in [2.75, 3.05) is 7.11 Å². The van der Waals surface area contributed by atoms with E-state index in [1.165, 1.54) is 22.2 Å². The van der Waals surface area contributed by atoms with Gasteiger partial charge in [0, 0.05) is 35.6 Å². The molecule has 0 N–H and O–H groups in total. The van der Waals surface area contributed by atoms with Crippen molar-refractivity contribution in [1.82, 2.24) is 4.57 Å². The number of aryl methyl sites for hydroxylation is 1. The predicted octanol–water partition coefficient (Wildman–Crippen LogP) is 4.88. The Kier molecular flexibility index (Phi) is 4.08. The smallest absolute Gasteiger partial charge is 0.163 e. The zero-order chi connectivity index (χ0) is 17.4. The van der Waals surface area contributed by atoms with Gasteiger partial charge in [-0.2, -0.15) is 0 Å². The maximum Gasteiger partial charge on any atom is 0.163 e. The highest BCUT2D eigenvalue weighted by atomic mass is 16.5. The number of nitrogens with zero attached hydrogens (tertiary/aromatic N) is 1. The number of ketones is 1. The molecule has 1 unspecified atom stereocenters. The molecule has 0 amide bonds. The van der Waals surface area contributed by atoms with Crippen molar-refractivity contribution in [3.05, 3.63) is 65.4 Å². The van der Waals surface area contributed by atoms with E-state index in [1.54, 1.807) is 7.11 Å². The van der Waals surface area contributed by atoms with Gasteiger partial charge in [-0.25, -0.2) is 0 Å². The van der Waals surface area contributed by atoms with Crippen molar-refractivity contribution in [3.8, 4) is 5.75 Å². The summed E-state index contributed by atoms with van der Waals surface area (Å²) in [6.07, 6.45) is 3.92. The first kappa shape index (κ1) is 15.9. The minimum absolute atomic E-state index is 0.216. The van der Waals surface area contributed by atoms with Crippen molar-refractivity contribution in [2.24, 2.45) is 7.05 Å². The first-order valence-corrected chi connectivity index (χ1v) is 8.92. The van der Waals surface area contributed by atoms with Crippen LogP contribution in [0.25, 0.3) is 10.9 Å². The van der Waals surface area contributed by atoms with Gasteiger partial charge in [-0.3, -0.25) is 4.79 Å². The highest BCUT2D eigenvalue weighted by molar-refractivity contribution is 5.97. The predicted molar refractivity (Wildman–Crippen MR) is 101 cm³/mol. The normalized spacial score (nSPS) is 16.6. The van der Waals surface area contributed by atoms with E-state index in [-0.39, 0.29) is 5.78 Å². The molecule has 1 aliphatic rings. The number of rotatable bonds is 4. The summed E-state index contributed by atoms with van der Waals surface area (Å²) < 4.78 is 7.50. The topological polar surface area (TPSA) is 31.2 Å². The van der Waals surface area contributed by atoms with Gasteiger partial charge in [0.1, 0.15) is 5.75 Å². The lowest BCUT2D eigenvalue weighted by Crippen LogP contribution is -2.14. The van der Waals surface area contributed by atoms with Crippen LogP contribution in [-0.2, 0) is 13.5 Å². The van der Waals surface area contributed by atoms with Crippen LogP contribution in [0.3, 0.4) is 0 Å². The standard InChI is InChI=1S/C22H23NO2/c1-23-19-8-4-3-7-18(19)22-16(6-5-9-20(22)23)14-21(24)15-10-12-17(25-2)13-11-15/h3-4,7-8,10-13,16H,5-6,9,14H2,1-2H3. The van der Waals surface area contributed by atoms with E-state index in [9.17, 15) is 4.79 Å². The third-order valence-corrected chi connectivity index (χ3v) is 5.49. The fourth-order valence-electron chi connectivity index (χ4n) is 4.22. The molecule has 0 aliphatic heterocycles. The van der Waals surface area contributed by atoms with Crippen LogP contribution in [0.15, 0.2) is 48.5 Å². The summed E-state index contributed by atoms with van der Waals surface area (Å²) in [6, 6.07) is 16.0. The van der Waals surface area contributed by atoms with Crippen LogP contribution in [0.2, 0.25) is 0 Å². The molecule has 1 aromatic heterocycles. The first-order valence-electron chi connectivity index (χ1n) is 8.92. The third kappa shape index (κ3) is 2.74. The number of fused-ring (bicyclic) bond motifs is 3. The van der Waals surface area contributed by atoms with Crippen molar-refractivity contribution in [3.63, 3.8) is 0 Å². The first-order chi connectivity index (χ1) is 12.2. The molecular formula is C22H23NO2. The summed E-state index contributed by atoms with van der Waals surface area (Å²) in [5.41, 5.74) is 4.84. The van der Waals surface area contributed by atoms with Crippen LogP contribution in [-0.4, -0.2) is 17.5 Å². The van der Waals surface area contributed by atoms with Crippen LogP contribution in [0.1, 0.15) is 46.8 Å². The number of ether oxygens (including phenoxy) is 1. The molecule has 3 nitrogen and oxygen atoms in total. The molecule has 2 aromatic carbocycles. The van der Waals surface area contributed by atoms with Gasteiger partial charge in [0.2, 0.25) is 0 Å². The number of aromatic nitrogens is 1. The Morgan fingerprint density at radius 1 is 1.16 bits per heavy atom. The number of Topliss-reactive ketones (excluding diaryl/α,β-unsaturated/α-hetero) is 1. The largest absolute Gasteiger partial charge is 0.497 e. The number of methoxy groups -OCH3 is 1. The third-order valence-electron chi connectivity index (χ3n) is 5.49. The van der Waals surface area contributed by atoms with Crippen molar-refractivity contribution >= 4 is 16.7 Å². The number of benzene rings is 2. The molecule has 1 atom stereocenters. The summed E-state index contributed by atoms with van der Waals surface area (Å²) in [5.74, 6) is 1.31. The molecule has 0 radical (unpaired) electrons. The van der Waals surface area contributed by atoms with E-state index in [0.717, 1.165) is 30.6 Å². The van der Waals surface area contributed by atoms with Gasteiger partial charge in [-0.05, 0) is 61.1 Å². The Hall–Kier alpha value is -2.55. The number of para-hydroxylation sites is 1. The Morgan fingerprint density at radius 3 is 2.68 bits per heavy atom. The minimum Gasteiger partial charge on any atom is -0.497 e. The average molecular weight is 333 g/mol. The lowest BCUT2D eigenvalue weighted by Gasteiger charge is -2.23. The number of hydrogen-bond acceptors (Lipinski definition) is 2. The SMILES string of the molecule is COc1ccc(C(=O)CC2CCCc3c2c2ccccc2n3C)cc1. The Balaban J connectivity index is 1.66. The molecule has 3 aromatic rings. The quantitative estimate of drug-likeness (QED) is 0.637. The van der Waals surface area contributed by atoms with E-state index in [1.807, 2.05) is 24.3 Å². The van der Waals surface area contributed by atoms with Crippen LogP contribution >= 0.6 is 0 Å². The fraction of sp³-hybridized carbons (Fsp3) is 0.318. The molecule has 1 heterocycles. The summed E-state index contributed by atoms with van der Waals surface area (Å²) in [5, 5.41) is 1.31. The minimum atomic E-state index is 0.216. The summed E-state index contributed by atoms with van der Waals surface area (Å²) in [6.45, 7) is 0.